The lowest BCUT2D eigenvalue weighted by Gasteiger charge is -2.30. The summed E-state index contributed by atoms with van der Waals surface area (Å²) in [5.41, 5.74) is 3.33. The SMILES string of the molecule is COc1ccccc1C(=O)Nc1ccc(N2CCCCC2)c(C(=O)NCc2cccnc2)c1. The van der Waals surface area contributed by atoms with Crippen molar-refractivity contribution in [3.05, 3.63) is 83.7 Å². The quantitative estimate of drug-likeness (QED) is 0.569. The second-order valence-corrected chi connectivity index (χ2v) is 7.98. The monoisotopic (exact) mass is 444 g/mol. The number of piperidine rings is 1. The average Bonchev–Trinajstić information content (AvgIpc) is 2.88. The Hall–Kier alpha value is -3.87. The van der Waals surface area contributed by atoms with Crippen LogP contribution in [-0.2, 0) is 6.54 Å². The van der Waals surface area contributed by atoms with Gasteiger partial charge in [0.25, 0.3) is 11.8 Å². The highest BCUT2D eigenvalue weighted by molar-refractivity contribution is 6.07. The van der Waals surface area contributed by atoms with Crippen LogP contribution in [0, 0.1) is 0 Å². The topological polar surface area (TPSA) is 83.6 Å². The van der Waals surface area contributed by atoms with Crippen LogP contribution < -0.4 is 20.3 Å². The number of aromatic nitrogens is 1. The first kappa shape index (κ1) is 22.3. The summed E-state index contributed by atoms with van der Waals surface area (Å²) in [5, 5.41) is 5.89. The summed E-state index contributed by atoms with van der Waals surface area (Å²) in [6, 6.07) is 16.3. The molecular formula is C26H28N4O3. The second-order valence-electron chi connectivity index (χ2n) is 7.98. The molecule has 2 amide bonds. The van der Waals surface area contributed by atoms with E-state index in [9.17, 15) is 9.59 Å². The van der Waals surface area contributed by atoms with Crippen LogP contribution in [0.5, 0.6) is 5.75 Å². The molecule has 170 valence electrons. The van der Waals surface area contributed by atoms with Gasteiger partial charge in [0, 0.05) is 43.4 Å². The molecule has 1 aliphatic rings. The minimum Gasteiger partial charge on any atom is -0.496 e. The van der Waals surface area contributed by atoms with E-state index in [1.807, 2.05) is 30.3 Å². The number of carbonyl (C=O) groups is 2. The Kier molecular flexibility index (Phi) is 7.19. The van der Waals surface area contributed by atoms with Crippen LogP contribution in [-0.4, -0.2) is 37.0 Å². The summed E-state index contributed by atoms with van der Waals surface area (Å²) in [7, 11) is 1.53. The fraction of sp³-hybridized carbons (Fsp3) is 0.269. The van der Waals surface area contributed by atoms with Gasteiger partial charge in [-0.1, -0.05) is 18.2 Å². The molecule has 0 spiro atoms. The molecule has 0 radical (unpaired) electrons. The maximum atomic E-state index is 13.2. The van der Waals surface area contributed by atoms with Crippen LogP contribution in [0.2, 0.25) is 0 Å². The van der Waals surface area contributed by atoms with Crippen molar-refractivity contribution < 1.29 is 14.3 Å². The number of anilines is 2. The Morgan fingerprint density at radius 3 is 2.55 bits per heavy atom. The molecule has 0 aliphatic carbocycles. The standard InChI is InChI=1S/C26H28N4O3/c1-33-24-10-4-3-9-21(24)26(32)29-20-11-12-23(30-14-5-2-6-15-30)22(16-20)25(31)28-18-19-8-7-13-27-17-19/h3-4,7-13,16-17H,2,5-6,14-15,18H2,1H3,(H,28,31)(H,29,32). The van der Waals surface area contributed by atoms with Gasteiger partial charge in [-0.15, -0.1) is 0 Å². The summed E-state index contributed by atoms with van der Waals surface area (Å²) >= 11 is 0. The predicted molar refractivity (Wildman–Crippen MR) is 129 cm³/mol. The highest BCUT2D eigenvalue weighted by atomic mass is 16.5. The molecule has 2 N–H and O–H groups in total. The van der Waals surface area contributed by atoms with Crippen LogP contribution >= 0.6 is 0 Å². The molecule has 7 nitrogen and oxygen atoms in total. The van der Waals surface area contributed by atoms with Crippen molar-refractivity contribution in [1.82, 2.24) is 10.3 Å². The Balaban J connectivity index is 1.58. The first-order chi connectivity index (χ1) is 16.2. The van der Waals surface area contributed by atoms with Gasteiger partial charge in [0.1, 0.15) is 5.75 Å². The zero-order valence-corrected chi connectivity index (χ0v) is 18.7. The van der Waals surface area contributed by atoms with Crippen molar-refractivity contribution in [2.24, 2.45) is 0 Å². The van der Waals surface area contributed by atoms with Crippen LogP contribution in [0.4, 0.5) is 11.4 Å². The molecule has 33 heavy (non-hydrogen) atoms. The van der Waals surface area contributed by atoms with E-state index in [1.54, 1.807) is 36.7 Å². The molecule has 1 aromatic heterocycles. The Bertz CT molecular complexity index is 1110. The highest BCUT2D eigenvalue weighted by Gasteiger charge is 2.20. The Morgan fingerprint density at radius 1 is 0.970 bits per heavy atom. The Morgan fingerprint density at radius 2 is 1.79 bits per heavy atom. The number of carbonyl (C=O) groups excluding carboxylic acids is 2. The van der Waals surface area contributed by atoms with E-state index in [1.165, 1.54) is 13.5 Å². The first-order valence-corrected chi connectivity index (χ1v) is 11.2. The fourth-order valence-corrected chi connectivity index (χ4v) is 4.02. The zero-order chi connectivity index (χ0) is 23.0. The number of amides is 2. The summed E-state index contributed by atoms with van der Waals surface area (Å²) in [6.07, 6.45) is 6.83. The molecule has 0 bridgehead atoms. The molecule has 3 aromatic rings. The third-order valence-corrected chi connectivity index (χ3v) is 5.72. The summed E-state index contributed by atoms with van der Waals surface area (Å²) in [5.74, 6) is 0.0158. The summed E-state index contributed by atoms with van der Waals surface area (Å²) in [4.78, 5) is 32.4. The molecular weight excluding hydrogens is 416 g/mol. The molecule has 0 atom stereocenters. The van der Waals surface area contributed by atoms with E-state index in [2.05, 4.69) is 20.5 Å². The molecule has 2 heterocycles. The third kappa shape index (κ3) is 5.49. The van der Waals surface area contributed by atoms with Gasteiger partial charge in [-0.3, -0.25) is 14.6 Å². The lowest BCUT2D eigenvalue weighted by atomic mass is 10.1. The molecule has 2 aromatic carbocycles. The average molecular weight is 445 g/mol. The maximum Gasteiger partial charge on any atom is 0.259 e. The number of nitrogens with one attached hydrogen (secondary N) is 2. The second kappa shape index (κ2) is 10.6. The van der Waals surface area contributed by atoms with Gasteiger partial charge in [-0.25, -0.2) is 0 Å². The molecule has 1 aliphatic heterocycles. The van der Waals surface area contributed by atoms with E-state index < -0.39 is 0 Å². The summed E-state index contributed by atoms with van der Waals surface area (Å²) in [6.45, 7) is 2.20. The highest BCUT2D eigenvalue weighted by Crippen LogP contribution is 2.28. The number of benzene rings is 2. The van der Waals surface area contributed by atoms with Gasteiger partial charge in [0.15, 0.2) is 0 Å². The number of rotatable bonds is 7. The van der Waals surface area contributed by atoms with E-state index in [4.69, 9.17) is 4.74 Å². The van der Waals surface area contributed by atoms with Crippen LogP contribution in [0.1, 0.15) is 45.5 Å². The van der Waals surface area contributed by atoms with E-state index in [0.29, 0.717) is 29.1 Å². The molecule has 7 heteroatoms. The van der Waals surface area contributed by atoms with Crippen molar-refractivity contribution in [2.45, 2.75) is 25.8 Å². The van der Waals surface area contributed by atoms with Gasteiger partial charge >= 0.3 is 0 Å². The largest absolute Gasteiger partial charge is 0.496 e. The molecule has 1 saturated heterocycles. The van der Waals surface area contributed by atoms with E-state index >= 15 is 0 Å². The number of hydrogen-bond acceptors (Lipinski definition) is 5. The molecule has 1 fully saturated rings. The maximum absolute atomic E-state index is 13.2. The van der Waals surface area contributed by atoms with Gasteiger partial charge < -0.3 is 20.3 Å². The van der Waals surface area contributed by atoms with Crippen molar-refractivity contribution in [1.29, 1.82) is 0 Å². The van der Waals surface area contributed by atoms with Crippen LogP contribution in [0.3, 0.4) is 0 Å². The van der Waals surface area contributed by atoms with Crippen molar-refractivity contribution in [3.63, 3.8) is 0 Å². The molecule has 0 unspecified atom stereocenters. The van der Waals surface area contributed by atoms with Gasteiger partial charge in [-0.2, -0.15) is 0 Å². The van der Waals surface area contributed by atoms with Crippen LogP contribution in [0.15, 0.2) is 67.0 Å². The number of ether oxygens (including phenoxy) is 1. The normalized spacial score (nSPS) is 13.3. The lowest BCUT2D eigenvalue weighted by Crippen LogP contribution is -2.32. The van der Waals surface area contributed by atoms with E-state index in [-0.39, 0.29) is 11.8 Å². The summed E-state index contributed by atoms with van der Waals surface area (Å²) < 4.78 is 5.30. The predicted octanol–water partition coefficient (Wildman–Crippen LogP) is 4.26. The fourth-order valence-electron chi connectivity index (χ4n) is 4.02. The Labute approximate surface area is 193 Å². The van der Waals surface area contributed by atoms with Crippen molar-refractivity contribution in [3.8, 4) is 5.75 Å². The molecule has 4 rings (SSSR count). The molecule has 0 saturated carbocycles. The van der Waals surface area contributed by atoms with Crippen molar-refractivity contribution >= 4 is 23.2 Å². The number of nitrogens with zero attached hydrogens (tertiary/aromatic N) is 2. The number of pyridine rings is 1. The number of methoxy groups -OCH3 is 1. The van der Waals surface area contributed by atoms with Crippen LogP contribution in [0.25, 0.3) is 0 Å². The minimum atomic E-state index is -0.292. The van der Waals surface area contributed by atoms with Crippen molar-refractivity contribution in [2.75, 3.05) is 30.4 Å². The number of para-hydroxylation sites is 1. The first-order valence-electron chi connectivity index (χ1n) is 11.2. The lowest BCUT2D eigenvalue weighted by molar-refractivity contribution is 0.0949. The van der Waals surface area contributed by atoms with E-state index in [0.717, 1.165) is 37.2 Å². The third-order valence-electron chi connectivity index (χ3n) is 5.72. The van der Waals surface area contributed by atoms with Gasteiger partial charge in [0.05, 0.1) is 18.2 Å². The zero-order valence-electron chi connectivity index (χ0n) is 18.7. The number of hydrogen-bond donors (Lipinski definition) is 2. The van der Waals surface area contributed by atoms with Gasteiger partial charge in [0.2, 0.25) is 0 Å². The minimum absolute atomic E-state index is 0.187. The smallest absolute Gasteiger partial charge is 0.259 e. The van der Waals surface area contributed by atoms with Gasteiger partial charge in [-0.05, 0) is 61.2 Å².